The minimum atomic E-state index is -3.66. The fourth-order valence-corrected chi connectivity index (χ4v) is 4.45. The molecule has 31 heavy (non-hydrogen) atoms. The van der Waals surface area contributed by atoms with Gasteiger partial charge in [-0.2, -0.15) is 0 Å². The molecule has 0 aliphatic heterocycles. The zero-order valence-corrected chi connectivity index (χ0v) is 20.4. The molecule has 2 aromatic heterocycles. The molecule has 0 saturated heterocycles. The number of nitrogens with zero attached hydrogens (tertiary/aromatic N) is 3. The van der Waals surface area contributed by atoms with E-state index in [1.165, 1.54) is 26.4 Å². The average Bonchev–Trinajstić information content (AvgIpc) is 2.95. The van der Waals surface area contributed by atoms with Crippen LogP contribution in [0.1, 0.15) is 5.69 Å². The summed E-state index contributed by atoms with van der Waals surface area (Å²) in [6, 6.07) is 6.95. The topological polar surface area (TPSA) is 81.2 Å². The van der Waals surface area contributed by atoms with E-state index in [2.05, 4.69) is 4.98 Å². The summed E-state index contributed by atoms with van der Waals surface area (Å²) in [5.41, 5.74) is 8.21. The SMILES string of the molecule is Cc1c(-c2cncc(S(=O)(=O)N(C)C)c2)c2c(Cl)cccc2n1C/C(F)=C/CN.Cl.Cl. The summed E-state index contributed by atoms with van der Waals surface area (Å²) >= 11 is 6.49. The molecule has 0 atom stereocenters. The number of halogens is 4. The summed E-state index contributed by atoms with van der Waals surface area (Å²) in [6.45, 7) is 1.95. The Labute approximate surface area is 198 Å². The number of sulfonamides is 1. The van der Waals surface area contributed by atoms with Crippen molar-refractivity contribution < 1.29 is 12.8 Å². The van der Waals surface area contributed by atoms with Crippen LogP contribution in [0.15, 0.2) is 53.5 Å². The van der Waals surface area contributed by atoms with Crippen molar-refractivity contribution in [1.82, 2.24) is 13.9 Å². The lowest BCUT2D eigenvalue weighted by atomic mass is 10.0. The number of aromatic nitrogens is 2. The van der Waals surface area contributed by atoms with Crippen molar-refractivity contribution >= 4 is 57.3 Å². The maximum absolute atomic E-state index is 14.2. The Kier molecular flexibility index (Phi) is 9.50. The molecule has 3 rings (SSSR count). The van der Waals surface area contributed by atoms with Crippen LogP contribution in [0.3, 0.4) is 0 Å². The molecule has 0 radical (unpaired) electrons. The fourth-order valence-electron chi connectivity index (χ4n) is 3.29. The lowest BCUT2D eigenvalue weighted by Gasteiger charge is -2.12. The van der Waals surface area contributed by atoms with Gasteiger partial charge in [0, 0.05) is 55.2 Å². The summed E-state index contributed by atoms with van der Waals surface area (Å²) in [5, 5.41) is 1.21. The van der Waals surface area contributed by atoms with E-state index in [1.807, 2.05) is 13.0 Å². The van der Waals surface area contributed by atoms with Crippen molar-refractivity contribution in [1.29, 1.82) is 0 Å². The predicted octanol–water partition coefficient (Wildman–Crippen LogP) is 4.57. The first-order chi connectivity index (χ1) is 13.7. The van der Waals surface area contributed by atoms with Crippen LogP contribution in [0.2, 0.25) is 5.02 Å². The molecule has 0 bridgehead atoms. The van der Waals surface area contributed by atoms with Gasteiger partial charge in [0.15, 0.2) is 0 Å². The van der Waals surface area contributed by atoms with Crippen LogP contribution in [0.5, 0.6) is 0 Å². The minimum Gasteiger partial charge on any atom is -0.337 e. The minimum absolute atomic E-state index is 0. The highest BCUT2D eigenvalue weighted by molar-refractivity contribution is 7.89. The van der Waals surface area contributed by atoms with E-state index >= 15 is 0 Å². The van der Waals surface area contributed by atoms with Gasteiger partial charge in [-0.05, 0) is 31.2 Å². The molecule has 1 aromatic carbocycles. The van der Waals surface area contributed by atoms with Crippen molar-refractivity contribution in [2.75, 3.05) is 20.6 Å². The van der Waals surface area contributed by atoms with Gasteiger partial charge in [-0.15, -0.1) is 24.8 Å². The smallest absolute Gasteiger partial charge is 0.244 e. The molecular weight excluding hydrogens is 486 g/mol. The monoisotopic (exact) mass is 508 g/mol. The normalized spacial score (nSPS) is 12.0. The van der Waals surface area contributed by atoms with Crippen LogP contribution in [-0.2, 0) is 16.6 Å². The maximum atomic E-state index is 14.2. The van der Waals surface area contributed by atoms with Crippen molar-refractivity contribution in [3.05, 3.63) is 59.3 Å². The highest BCUT2D eigenvalue weighted by Gasteiger charge is 2.22. The fraction of sp³-hybridized carbons (Fsp3) is 0.250. The number of rotatable bonds is 6. The van der Waals surface area contributed by atoms with E-state index in [9.17, 15) is 12.8 Å². The Morgan fingerprint density at radius 3 is 2.58 bits per heavy atom. The van der Waals surface area contributed by atoms with Gasteiger partial charge in [-0.1, -0.05) is 17.7 Å². The van der Waals surface area contributed by atoms with Gasteiger partial charge < -0.3 is 10.3 Å². The summed E-state index contributed by atoms with van der Waals surface area (Å²) in [5.74, 6) is -0.360. The first-order valence-electron chi connectivity index (χ1n) is 8.88. The van der Waals surface area contributed by atoms with Crippen LogP contribution in [0.4, 0.5) is 4.39 Å². The van der Waals surface area contributed by atoms with E-state index in [0.717, 1.165) is 21.1 Å². The van der Waals surface area contributed by atoms with Crippen LogP contribution in [-0.4, -0.2) is 42.9 Å². The Balaban J connectivity index is 0.00000240. The largest absolute Gasteiger partial charge is 0.337 e. The molecule has 0 aliphatic rings. The third-order valence-corrected chi connectivity index (χ3v) is 6.82. The number of allylic oxidation sites excluding steroid dienone is 1. The van der Waals surface area contributed by atoms with E-state index in [0.29, 0.717) is 16.0 Å². The quantitative estimate of drug-likeness (QED) is 0.528. The first kappa shape index (κ1) is 27.4. The highest BCUT2D eigenvalue weighted by atomic mass is 35.5. The number of benzene rings is 1. The van der Waals surface area contributed by atoms with Crippen molar-refractivity contribution in [2.45, 2.75) is 18.4 Å². The molecule has 170 valence electrons. The molecule has 0 saturated carbocycles. The average molecular weight is 510 g/mol. The van der Waals surface area contributed by atoms with Crippen molar-refractivity contribution in [3.63, 3.8) is 0 Å². The molecule has 2 heterocycles. The van der Waals surface area contributed by atoms with Gasteiger partial charge in [0.05, 0.1) is 17.1 Å². The number of hydrogen-bond donors (Lipinski definition) is 1. The van der Waals surface area contributed by atoms with E-state index in [1.54, 1.807) is 29.0 Å². The van der Waals surface area contributed by atoms with Gasteiger partial charge in [0.1, 0.15) is 10.7 Å². The molecule has 3 aromatic rings. The second-order valence-electron chi connectivity index (χ2n) is 6.76. The Bertz CT molecular complexity index is 1210. The summed E-state index contributed by atoms with van der Waals surface area (Å²) in [4.78, 5) is 4.20. The van der Waals surface area contributed by atoms with Crippen LogP contribution >= 0.6 is 36.4 Å². The molecular formula is C20H24Cl3FN4O2S. The number of nitrogens with two attached hydrogens (primary N) is 1. The third-order valence-electron chi connectivity index (χ3n) is 4.73. The third kappa shape index (κ3) is 5.22. The second kappa shape index (κ2) is 10.8. The Morgan fingerprint density at radius 1 is 1.29 bits per heavy atom. The van der Waals surface area contributed by atoms with Crippen LogP contribution in [0, 0.1) is 6.92 Å². The highest BCUT2D eigenvalue weighted by Crippen LogP contribution is 2.39. The van der Waals surface area contributed by atoms with Gasteiger partial charge in [0.2, 0.25) is 10.0 Å². The number of hydrogen-bond acceptors (Lipinski definition) is 4. The van der Waals surface area contributed by atoms with Crippen LogP contribution < -0.4 is 5.73 Å². The molecule has 0 fully saturated rings. The van der Waals surface area contributed by atoms with Gasteiger partial charge in [-0.3, -0.25) is 4.98 Å². The summed E-state index contributed by atoms with van der Waals surface area (Å²) in [6.07, 6.45) is 4.20. The molecule has 0 spiro atoms. The zero-order chi connectivity index (χ0) is 21.3. The summed E-state index contributed by atoms with van der Waals surface area (Å²) in [7, 11) is -0.733. The Hall–Kier alpha value is -1.68. The molecule has 2 N–H and O–H groups in total. The van der Waals surface area contributed by atoms with Crippen LogP contribution in [0.25, 0.3) is 22.0 Å². The zero-order valence-electron chi connectivity index (χ0n) is 17.2. The van der Waals surface area contributed by atoms with E-state index in [4.69, 9.17) is 17.3 Å². The maximum Gasteiger partial charge on any atom is 0.244 e. The van der Waals surface area contributed by atoms with E-state index < -0.39 is 10.0 Å². The summed E-state index contributed by atoms with van der Waals surface area (Å²) < 4.78 is 42.3. The molecule has 0 unspecified atom stereocenters. The predicted molar refractivity (Wildman–Crippen MR) is 129 cm³/mol. The molecule has 6 nitrogen and oxygen atoms in total. The lowest BCUT2D eigenvalue weighted by molar-refractivity contribution is 0.520. The van der Waals surface area contributed by atoms with Crippen molar-refractivity contribution in [3.8, 4) is 11.1 Å². The van der Waals surface area contributed by atoms with Gasteiger partial charge in [0.25, 0.3) is 0 Å². The molecule has 0 amide bonds. The van der Waals surface area contributed by atoms with Gasteiger partial charge in [-0.25, -0.2) is 17.1 Å². The lowest BCUT2D eigenvalue weighted by Crippen LogP contribution is -2.22. The molecule has 11 heteroatoms. The molecule has 0 aliphatic carbocycles. The van der Waals surface area contributed by atoms with Crippen molar-refractivity contribution in [2.24, 2.45) is 5.73 Å². The second-order valence-corrected chi connectivity index (χ2v) is 9.32. The standard InChI is InChI=1S/C20H22ClFN4O2S.2ClH/c1-13-19(14-9-16(11-24-10-14)29(27,28)25(2)3)20-17(21)5-4-6-18(20)26(13)12-15(22)7-8-23;;/h4-7,9-11H,8,12,23H2,1-3H3;2*1H/b15-7-;;. The first-order valence-corrected chi connectivity index (χ1v) is 10.7. The Morgan fingerprint density at radius 2 is 1.97 bits per heavy atom. The number of fused-ring (bicyclic) bond motifs is 1. The van der Waals surface area contributed by atoms with E-state index in [-0.39, 0.29) is 48.6 Å². The van der Waals surface area contributed by atoms with Gasteiger partial charge >= 0.3 is 0 Å². The number of pyridine rings is 1.